The van der Waals surface area contributed by atoms with E-state index in [-0.39, 0.29) is 18.1 Å². The molecule has 0 fully saturated rings. The normalized spacial score (nSPS) is 16.8. The van der Waals surface area contributed by atoms with Gasteiger partial charge in [-0.1, -0.05) is 35.0 Å². The van der Waals surface area contributed by atoms with Crippen molar-refractivity contribution in [2.45, 2.75) is 38.1 Å². The second-order valence-corrected chi connectivity index (χ2v) is 5.19. The molecule has 0 aliphatic heterocycles. The van der Waals surface area contributed by atoms with Crippen LogP contribution >= 0.6 is 15.9 Å². The summed E-state index contributed by atoms with van der Waals surface area (Å²) in [5.41, 5.74) is 7.21. The lowest BCUT2D eigenvalue weighted by atomic mass is 9.71. The lowest BCUT2D eigenvalue weighted by Crippen LogP contribution is -2.43. The Morgan fingerprint density at radius 2 is 1.94 bits per heavy atom. The molecule has 0 radical (unpaired) electrons. The molecular formula is C13H20BrNO. The summed E-state index contributed by atoms with van der Waals surface area (Å²) in [4.78, 5) is 0. The van der Waals surface area contributed by atoms with E-state index in [9.17, 15) is 5.11 Å². The molecular weight excluding hydrogens is 266 g/mol. The average molecular weight is 286 g/mol. The van der Waals surface area contributed by atoms with Gasteiger partial charge in [0.05, 0.1) is 0 Å². The van der Waals surface area contributed by atoms with E-state index in [4.69, 9.17) is 5.73 Å². The maximum absolute atomic E-state index is 9.23. The number of rotatable bonds is 5. The smallest absolute Gasteiger partial charge is 0.0440 e. The average Bonchev–Trinajstić information content (AvgIpc) is 2.27. The molecule has 0 aliphatic carbocycles. The summed E-state index contributed by atoms with van der Waals surface area (Å²) in [6, 6.07) is 8.27. The van der Waals surface area contributed by atoms with Crippen LogP contribution < -0.4 is 5.73 Å². The molecule has 1 aromatic carbocycles. The Morgan fingerprint density at radius 3 is 2.31 bits per heavy atom. The van der Waals surface area contributed by atoms with Gasteiger partial charge in [0.15, 0.2) is 0 Å². The molecule has 3 heteroatoms. The van der Waals surface area contributed by atoms with Gasteiger partial charge < -0.3 is 10.8 Å². The van der Waals surface area contributed by atoms with Gasteiger partial charge in [-0.2, -0.15) is 0 Å². The fourth-order valence-corrected chi connectivity index (χ4v) is 2.58. The maximum atomic E-state index is 9.23. The van der Waals surface area contributed by atoms with Crippen LogP contribution in [0.4, 0.5) is 0 Å². The highest BCUT2D eigenvalue weighted by Crippen LogP contribution is 2.34. The van der Waals surface area contributed by atoms with Crippen LogP contribution in [0.3, 0.4) is 0 Å². The third-order valence-corrected chi connectivity index (χ3v) is 4.01. The Bertz CT molecular complexity index is 323. The summed E-state index contributed by atoms with van der Waals surface area (Å²) < 4.78 is 1.06. The number of hydrogen-bond acceptors (Lipinski definition) is 2. The molecule has 1 rings (SSSR count). The Kier molecular flexibility index (Phi) is 4.96. The Morgan fingerprint density at radius 1 is 1.38 bits per heavy atom. The van der Waals surface area contributed by atoms with Crippen LogP contribution in [0.1, 0.15) is 32.3 Å². The molecule has 0 spiro atoms. The van der Waals surface area contributed by atoms with Gasteiger partial charge in [-0.05, 0) is 37.5 Å². The standard InChI is InChI=1S/C13H20BrNO/c1-3-13(8-9-16,10(2)15)11-4-6-12(14)7-5-11/h4-7,10,16H,3,8-9,15H2,1-2H3. The van der Waals surface area contributed by atoms with E-state index in [1.54, 1.807) is 0 Å². The van der Waals surface area contributed by atoms with Crippen LogP contribution in [0.15, 0.2) is 28.7 Å². The van der Waals surface area contributed by atoms with E-state index in [1.165, 1.54) is 5.56 Å². The van der Waals surface area contributed by atoms with Crippen molar-refractivity contribution < 1.29 is 5.11 Å². The molecule has 0 aromatic heterocycles. The molecule has 2 atom stereocenters. The van der Waals surface area contributed by atoms with Crippen molar-refractivity contribution in [1.29, 1.82) is 0 Å². The zero-order chi connectivity index (χ0) is 12.2. The molecule has 0 amide bonds. The van der Waals surface area contributed by atoms with Crippen molar-refractivity contribution in [3.05, 3.63) is 34.3 Å². The maximum Gasteiger partial charge on any atom is 0.0440 e. The van der Waals surface area contributed by atoms with Crippen LogP contribution in [0.2, 0.25) is 0 Å². The highest BCUT2D eigenvalue weighted by Gasteiger charge is 2.33. The number of aliphatic hydroxyl groups excluding tert-OH is 1. The van der Waals surface area contributed by atoms with Gasteiger partial charge in [0.1, 0.15) is 0 Å². The number of benzene rings is 1. The zero-order valence-corrected chi connectivity index (χ0v) is 11.5. The number of nitrogens with two attached hydrogens (primary N) is 1. The first kappa shape index (κ1) is 13.7. The van der Waals surface area contributed by atoms with E-state index < -0.39 is 0 Å². The zero-order valence-electron chi connectivity index (χ0n) is 9.91. The highest BCUT2D eigenvalue weighted by atomic mass is 79.9. The summed E-state index contributed by atoms with van der Waals surface area (Å²) in [6.45, 7) is 4.31. The van der Waals surface area contributed by atoms with Crippen molar-refractivity contribution in [2.24, 2.45) is 5.73 Å². The van der Waals surface area contributed by atoms with Gasteiger partial charge in [0.25, 0.3) is 0 Å². The van der Waals surface area contributed by atoms with E-state index in [0.29, 0.717) is 6.42 Å². The number of aliphatic hydroxyl groups is 1. The van der Waals surface area contributed by atoms with E-state index >= 15 is 0 Å². The van der Waals surface area contributed by atoms with Crippen LogP contribution in [0.25, 0.3) is 0 Å². The minimum absolute atomic E-state index is 0.0332. The molecule has 16 heavy (non-hydrogen) atoms. The molecule has 3 N–H and O–H groups in total. The SMILES string of the molecule is CCC(CCO)(c1ccc(Br)cc1)C(C)N. The molecule has 0 bridgehead atoms. The molecule has 90 valence electrons. The number of hydrogen-bond donors (Lipinski definition) is 2. The summed E-state index contributed by atoms with van der Waals surface area (Å²) >= 11 is 3.43. The minimum Gasteiger partial charge on any atom is -0.396 e. The third-order valence-electron chi connectivity index (χ3n) is 3.48. The first-order valence-corrected chi connectivity index (χ1v) is 6.48. The van der Waals surface area contributed by atoms with E-state index in [0.717, 1.165) is 10.9 Å². The predicted octanol–water partition coefficient (Wildman–Crippen LogP) is 2.83. The molecule has 0 aliphatic rings. The largest absolute Gasteiger partial charge is 0.396 e. The Labute approximate surface area is 106 Å². The quantitative estimate of drug-likeness (QED) is 0.874. The molecule has 1 aromatic rings. The second kappa shape index (κ2) is 5.80. The van der Waals surface area contributed by atoms with Crippen molar-refractivity contribution in [2.75, 3.05) is 6.61 Å². The van der Waals surface area contributed by atoms with Gasteiger partial charge in [-0.25, -0.2) is 0 Å². The lowest BCUT2D eigenvalue weighted by molar-refractivity contribution is 0.213. The van der Waals surface area contributed by atoms with Gasteiger partial charge >= 0.3 is 0 Å². The van der Waals surface area contributed by atoms with E-state index in [2.05, 4.69) is 35.0 Å². The van der Waals surface area contributed by atoms with Crippen LogP contribution in [0, 0.1) is 0 Å². The molecule has 0 heterocycles. The topological polar surface area (TPSA) is 46.2 Å². The monoisotopic (exact) mass is 285 g/mol. The van der Waals surface area contributed by atoms with Gasteiger partial charge in [-0.3, -0.25) is 0 Å². The summed E-state index contributed by atoms with van der Waals surface area (Å²) in [6.07, 6.45) is 1.65. The summed E-state index contributed by atoms with van der Waals surface area (Å²) in [5, 5.41) is 9.23. The minimum atomic E-state index is -0.116. The first-order valence-electron chi connectivity index (χ1n) is 5.69. The fourth-order valence-electron chi connectivity index (χ4n) is 2.32. The molecule has 2 unspecified atom stereocenters. The lowest BCUT2D eigenvalue weighted by Gasteiger charge is -2.37. The van der Waals surface area contributed by atoms with E-state index in [1.807, 2.05) is 19.1 Å². The van der Waals surface area contributed by atoms with Crippen LogP contribution in [0.5, 0.6) is 0 Å². The Hall–Kier alpha value is -0.380. The van der Waals surface area contributed by atoms with Crippen molar-refractivity contribution in [3.63, 3.8) is 0 Å². The van der Waals surface area contributed by atoms with Gasteiger partial charge in [-0.15, -0.1) is 0 Å². The van der Waals surface area contributed by atoms with Gasteiger partial charge in [0, 0.05) is 22.5 Å². The predicted molar refractivity (Wildman–Crippen MR) is 71.5 cm³/mol. The van der Waals surface area contributed by atoms with Crippen molar-refractivity contribution >= 4 is 15.9 Å². The second-order valence-electron chi connectivity index (χ2n) is 4.28. The fraction of sp³-hybridized carbons (Fsp3) is 0.538. The van der Waals surface area contributed by atoms with Crippen molar-refractivity contribution in [3.8, 4) is 0 Å². The molecule has 2 nitrogen and oxygen atoms in total. The molecule has 0 saturated carbocycles. The summed E-state index contributed by atoms with van der Waals surface area (Å²) in [5.74, 6) is 0. The van der Waals surface area contributed by atoms with Crippen molar-refractivity contribution in [1.82, 2.24) is 0 Å². The highest BCUT2D eigenvalue weighted by molar-refractivity contribution is 9.10. The first-order chi connectivity index (χ1) is 7.56. The Balaban J connectivity index is 3.13. The summed E-state index contributed by atoms with van der Waals surface area (Å²) in [7, 11) is 0. The van der Waals surface area contributed by atoms with Crippen LogP contribution in [-0.2, 0) is 5.41 Å². The van der Waals surface area contributed by atoms with Crippen LogP contribution in [-0.4, -0.2) is 17.8 Å². The number of halogens is 1. The molecule has 0 saturated heterocycles. The van der Waals surface area contributed by atoms with Gasteiger partial charge in [0.2, 0.25) is 0 Å². The third kappa shape index (κ3) is 2.65.